The van der Waals surface area contributed by atoms with E-state index in [2.05, 4.69) is 4.98 Å². The lowest BCUT2D eigenvalue weighted by Gasteiger charge is -2.12. The number of thiazole rings is 1. The Labute approximate surface area is 133 Å². The zero-order valence-corrected chi connectivity index (χ0v) is 13.7. The van der Waals surface area contributed by atoms with Crippen LogP contribution in [0.15, 0.2) is 18.2 Å². The van der Waals surface area contributed by atoms with E-state index in [1.807, 2.05) is 32.0 Å². The Balaban J connectivity index is 2.37. The van der Waals surface area contributed by atoms with Crippen molar-refractivity contribution in [2.45, 2.75) is 27.2 Å². The van der Waals surface area contributed by atoms with Gasteiger partial charge in [-0.3, -0.25) is 0 Å². The number of carbonyl (C=O) groups excluding carboxylic acids is 1. The van der Waals surface area contributed by atoms with Crippen LogP contribution in [0.1, 0.15) is 35.6 Å². The van der Waals surface area contributed by atoms with Crippen molar-refractivity contribution in [3.8, 4) is 22.1 Å². The number of hydrogen-bond acceptors (Lipinski definition) is 6. The monoisotopic (exact) mass is 320 g/mol. The normalized spacial score (nSPS) is 10.5. The Morgan fingerprint density at radius 2 is 2.05 bits per heavy atom. The summed E-state index contributed by atoms with van der Waals surface area (Å²) in [6.07, 6.45) is 0.911. The lowest BCUT2D eigenvalue weighted by atomic mass is 10.2. The molecule has 0 bridgehead atoms. The van der Waals surface area contributed by atoms with Crippen LogP contribution in [0.3, 0.4) is 0 Å². The number of aromatic carboxylic acids is 1. The molecule has 5 nitrogen and oxygen atoms in total. The third-order valence-electron chi connectivity index (χ3n) is 2.93. The first-order chi connectivity index (χ1) is 10.6. The Morgan fingerprint density at radius 1 is 1.27 bits per heavy atom. The van der Waals surface area contributed by atoms with Crippen LogP contribution in [-0.4, -0.2) is 24.2 Å². The van der Waals surface area contributed by atoms with Crippen LogP contribution in [0.2, 0.25) is 0 Å². The number of aromatic nitrogens is 1. The van der Waals surface area contributed by atoms with Gasteiger partial charge in [-0.05, 0) is 38.5 Å². The molecule has 0 saturated carbocycles. The zero-order chi connectivity index (χ0) is 16.1. The number of carbonyl (C=O) groups is 1. The summed E-state index contributed by atoms with van der Waals surface area (Å²) < 4.78 is 11.3. The highest BCUT2D eigenvalue weighted by Crippen LogP contribution is 2.35. The first-order valence-corrected chi connectivity index (χ1v) is 7.97. The van der Waals surface area contributed by atoms with Gasteiger partial charge in [0.1, 0.15) is 5.01 Å². The van der Waals surface area contributed by atoms with Crippen molar-refractivity contribution in [3.05, 3.63) is 28.8 Å². The Morgan fingerprint density at radius 3 is 2.64 bits per heavy atom. The standard InChI is InChI=1S/C16H19NO4S/c1-4-8-21-12-7-6-11(9-13(12)20-5-2)15-17-10(3)14(22-15)16(18)19/h6-7,9H,4-5,8H2,1-3H3,(H,18,19)/p-1. The summed E-state index contributed by atoms with van der Waals surface area (Å²) >= 11 is 1.10. The molecule has 2 aromatic rings. The zero-order valence-electron chi connectivity index (χ0n) is 12.8. The fourth-order valence-corrected chi connectivity index (χ4v) is 2.85. The van der Waals surface area contributed by atoms with Gasteiger partial charge in [-0.1, -0.05) is 6.92 Å². The van der Waals surface area contributed by atoms with E-state index < -0.39 is 5.97 Å². The van der Waals surface area contributed by atoms with E-state index in [0.717, 1.165) is 23.3 Å². The third-order valence-corrected chi connectivity index (χ3v) is 4.12. The van der Waals surface area contributed by atoms with E-state index >= 15 is 0 Å². The number of benzene rings is 1. The van der Waals surface area contributed by atoms with E-state index in [-0.39, 0.29) is 4.88 Å². The molecule has 0 amide bonds. The predicted octanol–water partition coefficient (Wildman–Crippen LogP) is 2.67. The average molecular weight is 320 g/mol. The maximum Gasteiger partial charge on any atom is 0.161 e. The number of aryl methyl sites for hydroxylation is 1. The highest BCUT2D eigenvalue weighted by Gasteiger charge is 2.13. The van der Waals surface area contributed by atoms with Gasteiger partial charge in [0.2, 0.25) is 0 Å². The van der Waals surface area contributed by atoms with Crippen molar-refractivity contribution in [1.29, 1.82) is 0 Å². The van der Waals surface area contributed by atoms with Gasteiger partial charge in [0.05, 0.1) is 29.8 Å². The van der Waals surface area contributed by atoms with Gasteiger partial charge in [0.15, 0.2) is 11.5 Å². The molecule has 0 fully saturated rings. The fourth-order valence-electron chi connectivity index (χ4n) is 1.95. The second-order valence-corrected chi connectivity index (χ2v) is 5.66. The van der Waals surface area contributed by atoms with E-state index in [1.165, 1.54) is 0 Å². The molecule has 0 radical (unpaired) electrons. The lowest BCUT2D eigenvalue weighted by Crippen LogP contribution is -2.21. The number of rotatable bonds is 7. The molecule has 0 unspecified atom stereocenters. The maximum atomic E-state index is 11.0. The summed E-state index contributed by atoms with van der Waals surface area (Å²) in [5, 5.41) is 11.6. The minimum atomic E-state index is -1.20. The van der Waals surface area contributed by atoms with Crippen LogP contribution in [0, 0.1) is 6.92 Å². The summed E-state index contributed by atoms with van der Waals surface area (Å²) in [6, 6.07) is 5.50. The molecule has 0 aliphatic rings. The van der Waals surface area contributed by atoms with Gasteiger partial charge < -0.3 is 19.4 Å². The van der Waals surface area contributed by atoms with Crippen molar-refractivity contribution in [2.75, 3.05) is 13.2 Å². The molecule has 2 rings (SSSR count). The molecule has 22 heavy (non-hydrogen) atoms. The molecule has 118 valence electrons. The Bertz CT molecular complexity index is 666. The van der Waals surface area contributed by atoms with Crippen LogP contribution in [0.4, 0.5) is 0 Å². The van der Waals surface area contributed by atoms with Crippen molar-refractivity contribution in [3.63, 3.8) is 0 Å². The molecule has 1 aromatic heterocycles. The molecule has 0 aliphatic heterocycles. The molecular weight excluding hydrogens is 302 g/mol. The van der Waals surface area contributed by atoms with Crippen molar-refractivity contribution in [1.82, 2.24) is 4.98 Å². The van der Waals surface area contributed by atoms with Gasteiger partial charge >= 0.3 is 0 Å². The smallest absolute Gasteiger partial charge is 0.161 e. The van der Waals surface area contributed by atoms with Gasteiger partial charge in [0, 0.05) is 5.56 Å². The predicted molar refractivity (Wildman–Crippen MR) is 83.6 cm³/mol. The molecule has 1 aromatic carbocycles. The van der Waals surface area contributed by atoms with E-state index in [0.29, 0.717) is 35.4 Å². The SMILES string of the molecule is CCCOc1ccc(-c2nc(C)c(C(=O)[O-])s2)cc1OCC. The first-order valence-electron chi connectivity index (χ1n) is 7.15. The van der Waals surface area contributed by atoms with E-state index in [4.69, 9.17) is 9.47 Å². The molecule has 0 saturated heterocycles. The topological polar surface area (TPSA) is 71.5 Å². The number of nitrogens with zero attached hydrogens (tertiary/aromatic N) is 1. The molecule has 0 spiro atoms. The van der Waals surface area contributed by atoms with Crippen LogP contribution >= 0.6 is 11.3 Å². The van der Waals surface area contributed by atoms with Crippen molar-refractivity contribution < 1.29 is 19.4 Å². The average Bonchev–Trinajstić information content (AvgIpc) is 2.88. The lowest BCUT2D eigenvalue weighted by molar-refractivity contribution is -0.254. The highest BCUT2D eigenvalue weighted by molar-refractivity contribution is 7.17. The second-order valence-electron chi connectivity index (χ2n) is 4.66. The Hall–Kier alpha value is -2.08. The summed E-state index contributed by atoms with van der Waals surface area (Å²) in [4.78, 5) is 15.5. The van der Waals surface area contributed by atoms with Gasteiger partial charge in [-0.2, -0.15) is 0 Å². The fraction of sp³-hybridized carbons (Fsp3) is 0.375. The van der Waals surface area contributed by atoms with Crippen LogP contribution < -0.4 is 14.6 Å². The summed E-state index contributed by atoms with van der Waals surface area (Å²) in [7, 11) is 0. The largest absolute Gasteiger partial charge is 0.544 e. The highest BCUT2D eigenvalue weighted by atomic mass is 32.1. The summed E-state index contributed by atoms with van der Waals surface area (Å²) in [5.74, 6) is 0.117. The van der Waals surface area contributed by atoms with Crippen molar-refractivity contribution >= 4 is 17.3 Å². The molecule has 6 heteroatoms. The minimum Gasteiger partial charge on any atom is -0.544 e. The number of carboxylic acid groups (broad SMARTS) is 1. The van der Waals surface area contributed by atoms with Crippen LogP contribution in [-0.2, 0) is 0 Å². The quantitative estimate of drug-likeness (QED) is 0.784. The molecule has 0 atom stereocenters. The molecule has 1 heterocycles. The van der Waals surface area contributed by atoms with E-state index in [9.17, 15) is 9.90 Å². The Kier molecular flexibility index (Phi) is 5.38. The first kappa shape index (κ1) is 16.3. The van der Waals surface area contributed by atoms with E-state index in [1.54, 1.807) is 6.92 Å². The van der Waals surface area contributed by atoms with Crippen LogP contribution in [0.5, 0.6) is 11.5 Å². The summed E-state index contributed by atoms with van der Waals surface area (Å²) in [6.45, 7) is 6.73. The number of ether oxygens (including phenoxy) is 2. The van der Waals surface area contributed by atoms with Gasteiger partial charge in [-0.15, -0.1) is 11.3 Å². The minimum absolute atomic E-state index is 0.152. The number of carboxylic acids is 1. The third kappa shape index (κ3) is 3.57. The maximum absolute atomic E-state index is 11.0. The number of hydrogen-bond donors (Lipinski definition) is 0. The molecular formula is C16H18NO4S-. The van der Waals surface area contributed by atoms with Crippen LogP contribution in [0.25, 0.3) is 10.6 Å². The summed E-state index contributed by atoms with van der Waals surface area (Å²) in [5.41, 5.74) is 1.26. The van der Waals surface area contributed by atoms with Crippen molar-refractivity contribution in [2.24, 2.45) is 0 Å². The molecule has 0 N–H and O–H groups in total. The van der Waals surface area contributed by atoms with Gasteiger partial charge in [-0.25, -0.2) is 4.98 Å². The molecule has 0 aliphatic carbocycles. The second kappa shape index (κ2) is 7.26. The van der Waals surface area contributed by atoms with Gasteiger partial charge in [0.25, 0.3) is 0 Å².